The lowest BCUT2D eigenvalue weighted by Crippen LogP contribution is -2.33. The number of rotatable bonds is 7. The molecule has 0 bridgehead atoms. The van der Waals surface area contributed by atoms with Crippen molar-refractivity contribution in [2.45, 2.75) is 40.0 Å². The predicted octanol–water partition coefficient (Wildman–Crippen LogP) is 10.4. The van der Waals surface area contributed by atoms with Crippen molar-refractivity contribution in [2.24, 2.45) is 0 Å². The number of aromatic nitrogens is 4. The van der Waals surface area contributed by atoms with E-state index in [0.717, 1.165) is 69.4 Å². The van der Waals surface area contributed by atoms with Gasteiger partial charge in [0.25, 0.3) is 11.8 Å². The highest BCUT2D eigenvalue weighted by atomic mass is 35.5. The van der Waals surface area contributed by atoms with Crippen LogP contribution in [0.4, 0.5) is 38.0 Å². The van der Waals surface area contributed by atoms with Crippen molar-refractivity contribution in [3.8, 4) is 5.75 Å². The molecule has 0 saturated heterocycles. The molecule has 4 heterocycles. The summed E-state index contributed by atoms with van der Waals surface area (Å²) in [5.74, 6) is -0.622. The van der Waals surface area contributed by atoms with Crippen molar-refractivity contribution in [1.29, 1.82) is 0 Å². The van der Waals surface area contributed by atoms with Crippen LogP contribution in [0.1, 0.15) is 59.5 Å². The third-order valence-corrected chi connectivity index (χ3v) is 9.36. The van der Waals surface area contributed by atoms with Crippen LogP contribution in [0.25, 0.3) is 20.2 Å². The fourth-order valence-corrected chi connectivity index (χ4v) is 7.03. The monoisotopic (exact) mass is 796 g/mol. The average Bonchev–Trinajstić information content (AvgIpc) is 3.78. The van der Waals surface area contributed by atoms with Gasteiger partial charge < -0.3 is 4.74 Å². The topological polar surface area (TPSA) is 101 Å². The summed E-state index contributed by atoms with van der Waals surface area (Å²) in [6.07, 6.45) is -5.45. The number of pyridine rings is 2. The Morgan fingerprint density at radius 1 is 0.717 bits per heavy atom. The largest absolute Gasteiger partial charge is 0.496 e. The van der Waals surface area contributed by atoms with E-state index in [1.165, 1.54) is 16.9 Å². The first-order chi connectivity index (χ1) is 25.2. The molecule has 0 fully saturated rings. The number of halogens is 7. The van der Waals surface area contributed by atoms with Crippen molar-refractivity contribution in [1.82, 2.24) is 18.7 Å². The van der Waals surface area contributed by atoms with Crippen LogP contribution in [0.3, 0.4) is 0 Å². The van der Waals surface area contributed by atoms with E-state index < -0.39 is 46.4 Å². The highest BCUT2D eigenvalue weighted by Crippen LogP contribution is 2.39. The molecule has 6 aromatic rings. The summed E-state index contributed by atoms with van der Waals surface area (Å²) >= 11 is 8.47. The first kappa shape index (κ1) is 40.9. The van der Waals surface area contributed by atoms with Crippen LogP contribution < -0.4 is 14.5 Å². The van der Waals surface area contributed by atoms with Gasteiger partial charge in [-0.1, -0.05) is 37.6 Å². The molecule has 0 aliphatic heterocycles. The van der Waals surface area contributed by atoms with Gasteiger partial charge in [0.05, 0.1) is 54.6 Å². The van der Waals surface area contributed by atoms with Crippen LogP contribution in [-0.4, -0.2) is 50.7 Å². The molecule has 0 atom stereocenters. The summed E-state index contributed by atoms with van der Waals surface area (Å²) in [6.45, 7) is 7.60. The van der Waals surface area contributed by atoms with E-state index in [0.29, 0.717) is 21.5 Å². The minimum absolute atomic E-state index is 0.134. The summed E-state index contributed by atoms with van der Waals surface area (Å²) in [5.41, 5.74) is -3.10. The Morgan fingerprint density at radius 2 is 1.15 bits per heavy atom. The Bertz CT molecular complexity index is 2210. The molecule has 0 N–H and O–H groups in total. The molecule has 0 unspecified atom stereocenters. The van der Waals surface area contributed by atoms with Crippen LogP contribution in [0.2, 0.25) is 5.02 Å². The Morgan fingerprint density at radius 3 is 1.58 bits per heavy atom. The summed E-state index contributed by atoms with van der Waals surface area (Å²) in [4.78, 5) is 35.4. The van der Waals surface area contributed by atoms with Gasteiger partial charge in [0, 0.05) is 37.9 Å². The Kier molecular flexibility index (Phi) is 13.4. The number of benzene rings is 2. The van der Waals surface area contributed by atoms with Gasteiger partial charge in [-0.25, -0.2) is 0 Å². The van der Waals surface area contributed by atoms with Gasteiger partial charge in [0.2, 0.25) is 0 Å². The second-order valence-corrected chi connectivity index (χ2v) is 12.4. The number of amides is 2. The smallest absolute Gasteiger partial charge is 0.417 e. The second-order valence-electron chi connectivity index (χ2n) is 10.4. The Hall–Kier alpha value is -4.87. The molecule has 0 aliphatic carbocycles. The number of alkyl halides is 6. The van der Waals surface area contributed by atoms with Gasteiger partial charge in [-0.3, -0.25) is 29.4 Å². The summed E-state index contributed by atoms with van der Waals surface area (Å²) < 4.78 is 94.7. The van der Waals surface area contributed by atoms with Crippen molar-refractivity contribution in [2.75, 3.05) is 30.0 Å². The zero-order chi connectivity index (χ0) is 39.1. The molecule has 2 aromatic carbocycles. The normalized spacial score (nSPS) is 11.3. The van der Waals surface area contributed by atoms with Crippen molar-refractivity contribution >= 4 is 78.3 Å². The molecule has 0 aliphatic rings. The lowest BCUT2D eigenvalue weighted by molar-refractivity contribution is -0.138. The van der Waals surface area contributed by atoms with E-state index in [2.05, 4.69) is 18.7 Å². The molecule has 0 saturated carbocycles. The van der Waals surface area contributed by atoms with Crippen LogP contribution in [-0.2, 0) is 12.4 Å². The molecular weight excluding hydrogens is 766 g/mol. The first-order valence-corrected chi connectivity index (χ1v) is 17.8. The van der Waals surface area contributed by atoms with Gasteiger partial charge in [0.1, 0.15) is 5.75 Å². The minimum atomic E-state index is -4.66. The molecule has 2 amide bonds. The molecule has 9 nitrogen and oxygen atoms in total. The minimum Gasteiger partial charge on any atom is -0.496 e. The maximum Gasteiger partial charge on any atom is 0.417 e. The van der Waals surface area contributed by atoms with Crippen LogP contribution in [0, 0.1) is 0 Å². The lowest BCUT2D eigenvalue weighted by atomic mass is 10.1. The quantitative estimate of drug-likeness (QED) is 0.148. The molecule has 6 rings (SSSR count). The molecule has 53 heavy (non-hydrogen) atoms. The van der Waals surface area contributed by atoms with E-state index in [1.807, 2.05) is 19.9 Å². The van der Waals surface area contributed by atoms with Gasteiger partial charge >= 0.3 is 12.4 Å². The lowest BCUT2D eigenvalue weighted by Gasteiger charge is -2.21. The maximum atomic E-state index is 13.3. The number of nitrogens with zero attached hydrogens (tertiary/aromatic N) is 6. The number of carbonyl (C=O) groups excluding carboxylic acids is 2. The fraction of sp³-hybridized carbons (Fsp3) is 0.257. The van der Waals surface area contributed by atoms with Gasteiger partial charge in [-0.2, -0.15) is 35.1 Å². The van der Waals surface area contributed by atoms with E-state index in [4.69, 9.17) is 16.3 Å². The summed E-state index contributed by atoms with van der Waals surface area (Å²) in [6, 6.07) is 12.1. The number of ether oxygens (including phenoxy) is 1. The van der Waals surface area contributed by atoms with Crippen LogP contribution in [0.5, 0.6) is 5.75 Å². The van der Waals surface area contributed by atoms with Crippen LogP contribution >= 0.6 is 34.7 Å². The molecule has 0 radical (unpaired) electrons. The van der Waals surface area contributed by atoms with Gasteiger partial charge in [-0.15, -0.1) is 0 Å². The van der Waals surface area contributed by atoms with E-state index >= 15 is 0 Å². The SMILES string of the molecule is CC.CCN(C(=O)c1cnccc1C(F)(F)F)c1nsc2cccc(Cl)c12.CCN(C(=O)c1cnccc1C(F)(F)F)c1nsc2cccc(OC)c12. The molecule has 18 heteroatoms. The number of anilines is 2. The van der Waals surface area contributed by atoms with Crippen LogP contribution in [0.15, 0.2) is 73.3 Å². The highest BCUT2D eigenvalue weighted by molar-refractivity contribution is 7.14. The highest BCUT2D eigenvalue weighted by Gasteiger charge is 2.38. The van der Waals surface area contributed by atoms with Crippen molar-refractivity contribution < 1.29 is 40.7 Å². The fourth-order valence-electron chi connectivity index (χ4n) is 5.11. The number of hydrogen-bond acceptors (Lipinski definition) is 9. The zero-order valence-corrected chi connectivity index (χ0v) is 31.1. The average molecular weight is 797 g/mol. The first-order valence-electron chi connectivity index (χ1n) is 15.8. The Balaban J connectivity index is 0.000000226. The standard InChI is InChI=1S/C17H14F3N3O2S.C16H11ClF3N3OS.C2H6/c1-3-23(15-14-12(25-2)5-4-6-13(14)26-22-15)16(24)10-9-21-8-7-11(10)17(18,19)20;1-2-23(14-13-11(17)4-3-5-12(13)25-22-14)15(24)9-8-21-7-6-10(9)16(18,19)20;1-2/h4-9H,3H2,1-2H3;3-8H,2H2,1H3;1-2H3. The summed E-state index contributed by atoms with van der Waals surface area (Å²) in [5, 5.41) is 1.52. The predicted molar refractivity (Wildman–Crippen MR) is 195 cm³/mol. The zero-order valence-electron chi connectivity index (χ0n) is 28.7. The molecule has 0 spiro atoms. The van der Waals surface area contributed by atoms with Crippen molar-refractivity contribution in [3.05, 3.63) is 101 Å². The number of fused-ring (bicyclic) bond motifs is 2. The molecule has 4 aromatic heterocycles. The Labute approximate surface area is 313 Å². The van der Waals surface area contributed by atoms with Gasteiger partial charge in [0.15, 0.2) is 11.6 Å². The van der Waals surface area contributed by atoms with E-state index in [1.54, 1.807) is 44.2 Å². The second kappa shape index (κ2) is 17.3. The number of methoxy groups -OCH3 is 1. The van der Waals surface area contributed by atoms with E-state index in [-0.39, 0.29) is 24.7 Å². The number of hydrogen-bond donors (Lipinski definition) is 0. The summed E-state index contributed by atoms with van der Waals surface area (Å²) in [7, 11) is 1.48. The number of carbonyl (C=O) groups is 2. The molecule has 280 valence electrons. The van der Waals surface area contributed by atoms with E-state index in [9.17, 15) is 35.9 Å². The third-order valence-electron chi connectivity index (χ3n) is 7.44. The van der Waals surface area contributed by atoms with Gasteiger partial charge in [-0.05, 0) is 73.3 Å². The third kappa shape index (κ3) is 8.69. The van der Waals surface area contributed by atoms with Crippen molar-refractivity contribution in [3.63, 3.8) is 0 Å². The maximum absolute atomic E-state index is 13.3. The molecular formula is C35H31ClF6N6O3S2.